The molecular weight excluding hydrogens is 382 g/mol. The summed E-state index contributed by atoms with van der Waals surface area (Å²) >= 11 is 0. The summed E-state index contributed by atoms with van der Waals surface area (Å²) in [7, 11) is 1.94. The molecule has 8 heteroatoms. The van der Waals surface area contributed by atoms with Crippen molar-refractivity contribution in [3.8, 4) is 5.69 Å². The average Bonchev–Trinajstić information content (AvgIpc) is 2.98. The third-order valence-corrected chi connectivity index (χ3v) is 5.09. The number of carbonyl (C=O) groups is 1. The van der Waals surface area contributed by atoms with Crippen molar-refractivity contribution in [2.45, 2.75) is 27.3 Å². The number of hydrogen-bond acceptors (Lipinski definition) is 4. The van der Waals surface area contributed by atoms with Gasteiger partial charge in [-0.25, -0.2) is 4.68 Å². The first-order chi connectivity index (χ1) is 14.3. The van der Waals surface area contributed by atoms with Gasteiger partial charge in [-0.2, -0.15) is 5.10 Å². The van der Waals surface area contributed by atoms with Crippen molar-refractivity contribution in [2.75, 3.05) is 18.9 Å². The summed E-state index contributed by atoms with van der Waals surface area (Å²) in [6.07, 6.45) is 0. The zero-order valence-corrected chi connectivity index (χ0v) is 17.6. The topological polar surface area (TPSA) is 94.5 Å². The van der Waals surface area contributed by atoms with Gasteiger partial charge in [-0.15, -0.1) is 0 Å². The molecule has 0 aliphatic carbocycles. The van der Waals surface area contributed by atoms with E-state index in [1.165, 1.54) is 12.1 Å². The van der Waals surface area contributed by atoms with Gasteiger partial charge in [0.15, 0.2) is 6.54 Å². The van der Waals surface area contributed by atoms with E-state index < -0.39 is 4.92 Å². The maximum atomic E-state index is 12.5. The summed E-state index contributed by atoms with van der Waals surface area (Å²) in [5.74, 6) is -0.193. The van der Waals surface area contributed by atoms with E-state index in [1.807, 2.05) is 55.9 Å². The van der Waals surface area contributed by atoms with E-state index >= 15 is 0 Å². The van der Waals surface area contributed by atoms with Crippen LogP contribution in [0.25, 0.3) is 5.69 Å². The minimum absolute atomic E-state index is 0.0452. The van der Waals surface area contributed by atoms with E-state index in [0.29, 0.717) is 12.2 Å². The number of nitro benzene ring substituents is 1. The zero-order valence-electron chi connectivity index (χ0n) is 17.6. The van der Waals surface area contributed by atoms with Gasteiger partial charge < -0.3 is 10.2 Å². The number of nitrogens with zero attached hydrogens (tertiary/aromatic N) is 3. The Morgan fingerprint density at radius 3 is 2.53 bits per heavy atom. The molecular formula is C22H26N5O3+. The van der Waals surface area contributed by atoms with Gasteiger partial charge in [0.25, 0.3) is 11.6 Å². The lowest BCUT2D eigenvalue weighted by Crippen LogP contribution is -3.08. The molecule has 8 nitrogen and oxygen atoms in total. The summed E-state index contributed by atoms with van der Waals surface area (Å²) in [6.45, 7) is 6.69. The monoisotopic (exact) mass is 408 g/mol. The number of likely N-dealkylation sites (N-methyl/N-ethyl adjacent to an activating group) is 1. The Labute approximate surface area is 175 Å². The summed E-state index contributed by atoms with van der Waals surface area (Å²) in [5, 5.41) is 18.4. The van der Waals surface area contributed by atoms with Crippen LogP contribution in [0.5, 0.6) is 0 Å². The number of carbonyl (C=O) groups excluding carboxylic acids is 1. The number of rotatable bonds is 7. The Bertz CT molecular complexity index is 1080. The lowest BCUT2D eigenvalue weighted by atomic mass is 10.1. The third-order valence-electron chi connectivity index (χ3n) is 5.09. The van der Waals surface area contributed by atoms with Gasteiger partial charge >= 0.3 is 0 Å². The van der Waals surface area contributed by atoms with Crippen LogP contribution in [0, 0.1) is 30.9 Å². The fourth-order valence-electron chi connectivity index (χ4n) is 3.44. The molecule has 2 aromatic carbocycles. The molecule has 0 spiro atoms. The molecule has 0 aliphatic rings. The van der Waals surface area contributed by atoms with Gasteiger partial charge in [0.1, 0.15) is 6.54 Å². The van der Waals surface area contributed by atoms with E-state index in [9.17, 15) is 14.9 Å². The summed E-state index contributed by atoms with van der Waals surface area (Å²) in [6, 6.07) is 14.4. The van der Waals surface area contributed by atoms with Crippen LogP contribution in [0.3, 0.4) is 0 Å². The molecule has 0 aliphatic heterocycles. The second-order valence-electron chi connectivity index (χ2n) is 7.51. The van der Waals surface area contributed by atoms with Crippen molar-refractivity contribution in [3.05, 3.63) is 81.2 Å². The van der Waals surface area contributed by atoms with Crippen molar-refractivity contribution in [3.63, 3.8) is 0 Å². The van der Waals surface area contributed by atoms with Crippen LogP contribution >= 0.6 is 0 Å². The molecule has 0 saturated heterocycles. The predicted molar refractivity (Wildman–Crippen MR) is 115 cm³/mol. The Balaban J connectivity index is 1.68. The van der Waals surface area contributed by atoms with Crippen molar-refractivity contribution in [1.29, 1.82) is 0 Å². The first kappa shape index (κ1) is 21.2. The number of non-ortho nitro benzene ring substituents is 1. The molecule has 1 unspecified atom stereocenters. The van der Waals surface area contributed by atoms with E-state index in [1.54, 1.807) is 13.0 Å². The van der Waals surface area contributed by atoms with Gasteiger partial charge in [-0.3, -0.25) is 14.9 Å². The molecule has 1 amide bonds. The van der Waals surface area contributed by atoms with Crippen molar-refractivity contribution < 1.29 is 14.6 Å². The summed E-state index contributed by atoms with van der Waals surface area (Å²) < 4.78 is 1.92. The quantitative estimate of drug-likeness (QED) is 0.464. The molecule has 0 fully saturated rings. The Kier molecular flexibility index (Phi) is 6.27. The van der Waals surface area contributed by atoms with Crippen LogP contribution in [-0.4, -0.2) is 34.2 Å². The molecule has 156 valence electrons. The van der Waals surface area contributed by atoms with Crippen LogP contribution in [0.15, 0.2) is 48.5 Å². The smallest absolute Gasteiger partial charge is 0.279 e. The summed E-state index contributed by atoms with van der Waals surface area (Å²) in [4.78, 5) is 24.0. The first-order valence-electron chi connectivity index (χ1n) is 9.73. The highest BCUT2D eigenvalue weighted by molar-refractivity contribution is 5.92. The third kappa shape index (κ3) is 4.72. The number of amides is 1. The number of aromatic nitrogens is 2. The maximum absolute atomic E-state index is 12.5. The number of nitrogens with one attached hydrogen (secondary N) is 2. The molecule has 1 heterocycles. The second-order valence-corrected chi connectivity index (χ2v) is 7.51. The highest BCUT2D eigenvalue weighted by Gasteiger charge is 2.19. The Morgan fingerprint density at radius 1 is 1.17 bits per heavy atom. The zero-order chi connectivity index (χ0) is 21.8. The number of hydrogen-bond donors (Lipinski definition) is 2. The van der Waals surface area contributed by atoms with Gasteiger partial charge in [-0.05, 0) is 38.5 Å². The largest absolute Gasteiger partial charge is 0.326 e. The fourth-order valence-corrected chi connectivity index (χ4v) is 3.44. The Morgan fingerprint density at radius 2 is 1.87 bits per heavy atom. The van der Waals surface area contributed by atoms with Gasteiger partial charge in [-0.1, -0.05) is 24.3 Å². The number of nitro groups is 1. The van der Waals surface area contributed by atoms with E-state index in [2.05, 4.69) is 10.4 Å². The molecule has 3 rings (SSSR count). The Hall–Kier alpha value is -3.52. The first-order valence-corrected chi connectivity index (χ1v) is 9.73. The van der Waals surface area contributed by atoms with Crippen molar-refractivity contribution in [2.24, 2.45) is 0 Å². The highest BCUT2D eigenvalue weighted by Crippen LogP contribution is 2.21. The molecule has 1 aromatic heterocycles. The molecule has 0 saturated carbocycles. The summed E-state index contributed by atoms with van der Waals surface area (Å²) in [5.41, 5.74) is 5.29. The van der Waals surface area contributed by atoms with Crippen LogP contribution in [-0.2, 0) is 11.3 Å². The number of para-hydroxylation sites is 1. The lowest BCUT2D eigenvalue weighted by molar-refractivity contribution is -0.885. The predicted octanol–water partition coefficient (Wildman–Crippen LogP) is 2.36. The number of aryl methyl sites for hydroxylation is 2. The van der Waals surface area contributed by atoms with E-state index in [-0.39, 0.29) is 18.1 Å². The van der Waals surface area contributed by atoms with E-state index in [4.69, 9.17) is 0 Å². The van der Waals surface area contributed by atoms with Gasteiger partial charge in [0, 0.05) is 12.1 Å². The second kappa shape index (κ2) is 8.87. The molecule has 0 bridgehead atoms. The van der Waals surface area contributed by atoms with E-state index in [0.717, 1.165) is 33.1 Å². The van der Waals surface area contributed by atoms with Crippen molar-refractivity contribution in [1.82, 2.24) is 9.78 Å². The number of anilines is 1. The van der Waals surface area contributed by atoms with Crippen LogP contribution in [0.1, 0.15) is 22.5 Å². The molecule has 2 N–H and O–H groups in total. The van der Waals surface area contributed by atoms with Crippen LogP contribution in [0.4, 0.5) is 11.4 Å². The molecule has 1 atom stereocenters. The normalized spacial score (nSPS) is 11.9. The maximum Gasteiger partial charge on any atom is 0.279 e. The van der Waals surface area contributed by atoms with Crippen molar-refractivity contribution >= 4 is 17.3 Å². The number of benzene rings is 2. The lowest BCUT2D eigenvalue weighted by Gasteiger charge is -2.15. The fraction of sp³-hybridized carbons (Fsp3) is 0.273. The average molecular weight is 408 g/mol. The minimum Gasteiger partial charge on any atom is -0.326 e. The van der Waals surface area contributed by atoms with Gasteiger partial charge in [0.2, 0.25) is 0 Å². The molecule has 3 aromatic rings. The molecule has 30 heavy (non-hydrogen) atoms. The van der Waals surface area contributed by atoms with Crippen LogP contribution < -0.4 is 10.2 Å². The standard InChI is InChI=1S/C22H25N5O3/c1-15-10-11-19(27(29)30)12-21(15)23-22(28)14-25(4)13-20-16(2)24-26(17(20)3)18-8-6-5-7-9-18/h5-12H,13-14H2,1-4H3,(H,23,28)/p+1. The SMILES string of the molecule is Cc1ccc([N+](=O)[O-])cc1NC(=O)C[NH+](C)Cc1c(C)nn(-c2ccccc2)c1C. The molecule has 0 radical (unpaired) electrons. The highest BCUT2D eigenvalue weighted by atomic mass is 16.6. The minimum atomic E-state index is -0.470. The van der Waals surface area contributed by atoms with Gasteiger partial charge in [0.05, 0.1) is 40.3 Å². The number of quaternary nitrogens is 1. The van der Waals surface area contributed by atoms with Crippen LogP contribution in [0.2, 0.25) is 0 Å².